The van der Waals surface area contributed by atoms with Crippen LogP contribution in [-0.4, -0.2) is 70.5 Å². The van der Waals surface area contributed by atoms with Crippen LogP contribution in [0, 0.1) is 0 Å². The Bertz CT molecular complexity index is 1560. The smallest absolute Gasteiger partial charge is 0.253 e. The summed E-state index contributed by atoms with van der Waals surface area (Å²) in [6.45, 7) is 5.27. The quantitative estimate of drug-likeness (QED) is 0.329. The topological polar surface area (TPSA) is 63.2 Å². The van der Waals surface area contributed by atoms with Gasteiger partial charge in [0.25, 0.3) is 5.91 Å². The van der Waals surface area contributed by atoms with Crippen LogP contribution in [0.4, 0.5) is 0 Å². The second-order valence-electron chi connectivity index (χ2n) is 10.2. The van der Waals surface area contributed by atoms with Gasteiger partial charge in [0.2, 0.25) is 0 Å². The van der Waals surface area contributed by atoms with Crippen LogP contribution in [0.2, 0.25) is 0 Å². The molecule has 0 saturated carbocycles. The lowest BCUT2D eigenvalue weighted by Gasteiger charge is -2.40. The van der Waals surface area contributed by atoms with Crippen molar-refractivity contribution in [2.45, 2.75) is 18.9 Å². The van der Waals surface area contributed by atoms with Crippen molar-refractivity contribution in [3.63, 3.8) is 0 Å². The summed E-state index contributed by atoms with van der Waals surface area (Å²) in [5, 5.41) is 1.07. The molecule has 0 atom stereocenters. The van der Waals surface area contributed by atoms with Crippen molar-refractivity contribution in [3.8, 4) is 22.6 Å². The van der Waals surface area contributed by atoms with Gasteiger partial charge >= 0.3 is 0 Å². The highest BCUT2D eigenvalue weighted by molar-refractivity contribution is 5.94. The van der Waals surface area contributed by atoms with E-state index in [2.05, 4.69) is 32.6 Å². The number of hydrogen-bond donors (Lipinski definition) is 0. The minimum atomic E-state index is 0.120. The van der Waals surface area contributed by atoms with Crippen molar-refractivity contribution >= 4 is 22.5 Å². The van der Waals surface area contributed by atoms with E-state index in [0.717, 1.165) is 97.0 Å². The Balaban J connectivity index is 1.08. The molecule has 192 valence electrons. The van der Waals surface area contributed by atoms with Crippen LogP contribution in [0.1, 0.15) is 23.2 Å². The second kappa shape index (κ2) is 9.74. The number of furan rings is 1. The molecule has 5 aromatic rings. The summed E-state index contributed by atoms with van der Waals surface area (Å²) in [6, 6.07) is 22.7. The molecule has 2 aliphatic heterocycles. The summed E-state index contributed by atoms with van der Waals surface area (Å²) in [7, 11) is 0. The number of benzene rings is 2. The van der Waals surface area contributed by atoms with Gasteiger partial charge in [-0.05, 0) is 60.4 Å². The number of piperidine rings is 1. The Morgan fingerprint density at radius 1 is 0.868 bits per heavy atom. The van der Waals surface area contributed by atoms with Crippen LogP contribution in [0.3, 0.4) is 0 Å². The SMILES string of the molecule is O=C(c1ccc(-c2ccc3ncc(-c4cc5ccccc5o4)n3c2)cc1)N1CCC(N2CCOCC2)CC1. The molecular formula is C31H30N4O3. The molecular weight excluding hydrogens is 476 g/mol. The summed E-state index contributed by atoms with van der Waals surface area (Å²) in [6.07, 6.45) is 5.99. The van der Waals surface area contributed by atoms with Gasteiger partial charge in [-0.25, -0.2) is 4.98 Å². The maximum absolute atomic E-state index is 13.2. The molecule has 3 aromatic heterocycles. The van der Waals surface area contributed by atoms with Gasteiger partial charge in [0.15, 0.2) is 5.76 Å². The first-order valence-corrected chi connectivity index (χ1v) is 13.4. The molecule has 0 bridgehead atoms. The van der Waals surface area contributed by atoms with Crippen molar-refractivity contribution in [1.82, 2.24) is 19.2 Å². The van der Waals surface area contributed by atoms with Gasteiger partial charge in [0.1, 0.15) is 16.9 Å². The number of hydrogen-bond acceptors (Lipinski definition) is 5. The summed E-state index contributed by atoms with van der Waals surface area (Å²) < 4.78 is 13.6. The third-order valence-electron chi connectivity index (χ3n) is 7.96. The summed E-state index contributed by atoms with van der Waals surface area (Å²) >= 11 is 0. The lowest BCUT2D eigenvalue weighted by molar-refractivity contribution is 0.00159. The molecule has 0 N–H and O–H groups in total. The van der Waals surface area contributed by atoms with E-state index in [1.165, 1.54) is 0 Å². The fourth-order valence-corrected chi connectivity index (χ4v) is 5.81. The molecule has 5 heterocycles. The number of morpholine rings is 1. The highest BCUT2D eigenvalue weighted by atomic mass is 16.5. The minimum Gasteiger partial charge on any atom is -0.454 e. The summed E-state index contributed by atoms with van der Waals surface area (Å²) in [4.78, 5) is 22.3. The first-order valence-electron chi connectivity index (χ1n) is 13.4. The van der Waals surface area contributed by atoms with Gasteiger partial charge in [0, 0.05) is 49.4 Å². The van der Waals surface area contributed by atoms with Crippen LogP contribution in [0.5, 0.6) is 0 Å². The maximum Gasteiger partial charge on any atom is 0.253 e. The standard InChI is InChI=1S/C31H30N4O3/c36-31(34-13-11-26(12-14-34)33-15-17-37-18-16-33)23-7-5-22(6-8-23)25-9-10-30-32-20-27(35(30)21-25)29-19-24-3-1-2-4-28(24)38-29/h1-10,19-21,26H,11-18H2. The van der Waals surface area contributed by atoms with Crippen molar-refractivity contribution in [2.24, 2.45) is 0 Å². The Hall–Kier alpha value is -3.94. The average molecular weight is 507 g/mol. The number of carbonyl (C=O) groups is 1. The highest BCUT2D eigenvalue weighted by Crippen LogP contribution is 2.30. The van der Waals surface area contributed by atoms with E-state index in [-0.39, 0.29) is 5.91 Å². The van der Waals surface area contributed by atoms with Gasteiger partial charge in [-0.3, -0.25) is 14.1 Å². The van der Waals surface area contributed by atoms with E-state index in [0.29, 0.717) is 6.04 Å². The molecule has 38 heavy (non-hydrogen) atoms. The summed E-state index contributed by atoms with van der Waals surface area (Å²) in [5.41, 5.74) is 5.48. The van der Waals surface area contributed by atoms with Crippen LogP contribution in [0.15, 0.2) is 83.5 Å². The van der Waals surface area contributed by atoms with Crippen LogP contribution in [-0.2, 0) is 4.74 Å². The zero-order chi connectivity index (χ0) is 25.5. The second-order valence-corrected chi connectivity index (χ2v) is 10.2. The van der Waals surface area contributed by atoms with Crippen LogP contribution >= 0.6 is 0 Å². The van der Waals surface area contributed by atoms with Crippen molar-refractivity contribution in [3.05, 3.63) is 84.7 Å². The fourth-order valence-electron chi connectivity index (χ4n) is 5.81. The molecule has 0 spiro atoms. The van der Waals surface area contributed by atoms with E-state index in [1.54, 1.807) is 0 Å². The monoisotopic (exact) mass is 506 g/mol. The number of pyridine rings is 1. The first kappa shape index (κ1) is 23.2. The van der Waals surface area contributed by atoms with Crippen molar-refractivity contribution < 1.29 is 13.9 Å². The Morgan fingerprint density at radius 3 is 2.42 bits per heavy atom. The zero-order valence-corrected chi connectivity index (χ0v) is 21.3. The van der Waals surface area contributed by atoms with E-state index < -0.39 is 0 Å². The maximum atomic E-state index is 13.2. The first-order chi connectivity index (χ1) is 18.7. The molecule has 2 aliphatic rings. The number of para-hydroxylation sites is 1. The Kier molecular flexibility index (Phi) is 5.95. The number of rotatable bonds is 4. The highest BCUT2D eigenvalue weighted by Gasteiger charge is 2.28. The third kappa shape index (κ3) is 4.27. The molecule has 7 nitrogen and oxygen atoms in total. The number of carbonyl (C=O) groups excluding carboxylic acids is 1. The number of fused-ring (bicyclic) bond motifs is 2. The minimum absolute atomic E-state index is 0.120. The Morgan fingerprint density at radius 2 is 1.63 bits per heavy atom. The number of nitrogens with zero attached hydrogens (tertiary/aromatic N) is 4. The number of ether oxygens (including phenoxy) is 1. The van der Waals surface area contributed by atoms with Crippen molar-refractivity contribution in [2.75, 3.05) is 39.4 Å². The average Bonchev–Trinajstić information content (AvgIpc) is 3.61. The lowest BCUT2D eigenvalue weighted by Crippen LogP contribution is -2.50. The van der Waals surface area contributed by atoms with E-state index in [4.69, 9.17) is 9.15 Å². The number of amides is 1. The zero-order valence-electron chi connectivity index (χ0n) is 21.3. The number of likely N-dealkylation sites (tertiary alicyclic amines) is 1. The number of imidazole rings is 1. The van der Waals surface area contributed by atoms with E-state index in [9.17, 15) is 4.79 Å². The Labute approximate surface area is 221 Å². The van der Waals surface area contributed by atoms with Gasteiger partial charge in [0.05, 0.1) is 19.4 Å². The molecule has 0 aliphatic carbocycles. The van der Waals surface area contributed by atoms with Crippen LogP contribution in [0.25, 0.3) is 39.2 Å². The van der Waals surface area contributed by atoms with Gasteiger partial charge in [-0.2, -0.15) is 0 Å². The largest absolute Gasteiger partial charge is 0.454 e. The molecule has 0 unspecified atom stereocenters. The normalized spacial score (nSPS) is 17.4. The molecule has 7 heteroatoms. The van der Waals surface area contributed by atoms with E-state index in [1.807, 2.05) is 65.7 Å². The molecule has 2 fully saturated rings. The van der Waals surface area contributed by atoms with Crippen molar-refractivity contribution in [1.29, 1.82) is 0 Å². The molecule has 0 radical (unpaired) electrons. The molecule has 7 rings (SSSR count). The molecule has 2 aromatic carbocycles. The lowest BCUT2D eigenvalue weighted by atomic mass is 10.0. The van der Waals surface area contributed by atoms with Gasteiger partial charge in [-0.15, -0.1) is 0 Å². The molecule has 2 saturated heterocycles. The van der Waals surface area contributed by atoms with E-state index >= 15 is 0 Å². The van der Waals surface area contributed by atoms with Gasteiger partial charge in [-0.1, -0.05) is 30.3 Å². The summed E-state index contributed by atoms with van der Waals surface area (Å²) in [5.74, 6) is 0.906. The van der Waals surface area contributed by atoms with Crippen LogP contribution < -0.4 is 0 Å². The predicted octanol–water partition coefficient (Wildman–Crippen LogP) is 5.35. The van der Waals surface area contributed by atoms with Gasteiger partial charge < -0.3 is 14.1 Å². The third-order valence-corrected chi connectivity index (χ3v) is 7.96. The predicted molar refractivity (Wildman–Crippen MR) is 147 cm³/mol. The molecule has 1 amide bonds. The fraction of sp³-hybridized carbons (Fsp3) is 0.290. The number of aromatic nitrogens is 2.